The molecule has 2 heterocycles. The number of amides is 2. The van der Waals surface area contributed by atoms with Crippen LogP contribution in [0.25, 0.3) is 0 Å². The average molecular weight is 374 g/mol. The topological polar surface area (TPSA) is 56.3 Å². The molecule has 0 bridgehead atoms. The molecule has 7 nitrogen and oxygen atoms in total. The minimum Gasteiger partial charge on any atom is -0.497 e. The van der Waals surface area contributed by atoms with Crippen LogP contribution >= 0.6 is 0 Å². The van der Waals surface area contributed by atoms with E-state index >= 15 is 0 Å². The number of methoxy groups -OCH3 is 1. The first-order valence-electron chi connectivity index (χ1n) is 9.58. The highest BCUT2D eigenvalue weighted by Crippen LogP contribution is 2.16. The van der Waals surface area contributed by atoms with Crippen LogP contribution in [0.3, 0.4) is 0 Å². The molecule has 7 heteroatoms. The maximum absolute atomic E-state index is 12.6. The first kappa shape index (κ1) is 19.6. The summed E-state index contributed by atoms with van der Waals surface area (Å²) >= 11 is 0. The fourth-order valence-corrected chi connectivity index (χ4v) is 3.74. The number of carbonyl (C=O) groups is 2. The first-order chi connectivity index (χ1) is 13.0. The van der Waals surface area contributed by atoms with E-state index in [1.165, 1.54) is 0 Å². The second kappa shape index (κ2) is 8.71. The number of carbonyl (C=O) groups excluding carboxylic acids is 2. The number of likely N-dealkylation sites (tertiary alicyclic amines) is 1. The van der Waals surface area contributed by atoms with Crippen LogP contribution in [0.4, 0.5) is 0 Å². The van der Waals surface area contributed by atoms with Crippen molar-refractivity contribution in [1.82, 2.24) is 19.6 Å². The largest absolute Gasteiger partial charge is 0.497 e. The Morgan fingerprint density at radius 2 is 1.67 bits per heavy atom. The molecule has 1 atom stereocenters. The molecule has 1 aromatic rings. The molecule has 2 fully saturated rings. The number of hydrogen-bond donors (Lipinski definition) is 0. The molecule has 3 rings (SSSR count). The maximum atomic E-state index is 12.6. The molecule has 1 aromatic carbocycles. The number of piperazine rings is 1. The van der Waals surface area contributed by atoms with Gasteiger partial charge in [0, 0.05) is 50.9 Å². The van der Waals surface area contributed by atoms with Crippen molar-refractivity contribution < 1.29 is 14.3 Å². The Morgan fingerprint density at radius 1 is 1.04 bits per heavy atom. The summed E-state index contributed by atoms with van der Waals surface area (Å²) in [4.78, 5) is 33.4. The molecular weight excluding hydrogens is 344 g/mol. The lowest BCUT2D eigenvalue weighted by Gasteiger charge is -2.35. The fourth-order valence-electron chi connectivity index (χ4n) is 3.74. The quantitative estimate of drug-likeness (QED) is 0.756. The summed E-state index contributed by atoms with van der Waals surface area (Å²) in [5.41, 5.74) is 0.655. The number of hydrogen-bond acceptors (Lipinski definition) is 5. The van der Waals surface area contributed by atoms with Crippen molar-refractivity contribution in [2.75, 3.05) is 67.0 Å². The molecule has 2 saturated heterocycles. The lowest BCUT2D eigenvalue weighted by Crippen LogP contribution is -2.52. The standard InChI is InChI=1S/C20H30N4O3/c1-21(2)17-8-9-22(14-17)15-19(25)23-10-12-24(13-11-23)20(26)16-4-6-18(27-3)7-5-16/h4-7,17H,8-15H2,1-3H3/t17-/m0/s1. The van der Waals surface area contributed by atoms with Gasteiger partial charge < -0.3 is 19.4 Å². The van der Waals surface area contributed by atoms with Gasteiger partial charge in [0.25, 0.3) is 5.91 Å². The maximum Gasteiger partial charge on any atom is 0.253 e. The van der Waals surface area contributed by atoms with Crippen LogP contribution in [0, 0.1) is 0 Å². The van der Waals surface area contributed by atoms with Gasteiger partial charge in [0.15, 0.2) is 0 Å². The van der Waals surface area contributed by atoms with Gasteiger partial charge in [-0.05, 0) is 44.8 Å². The van der Waals surface area contributed by atoms with Crippen LogP contribution in [-0.4, -0.2) is 104 Å². The predicted octanol–water partition coefficient (Wildman–Crippen LogP) is 0.616. The minimum absolute atomic E-state index is 0.0121. The molecule has 2 aliphatic heterocycles. The Bertz CT molecular complexity index is 654. The Hall–Kier alpha value is -2.12. The molecule has 0 spiro atoms. The summed E-state index contributed by atoms with van der Waals surface area (Å²) in [7, 11) is 5.79. The summed E-state index contributed by atoms with van der Waals surface area (Å²) in [5, 5.41) is 0. The molecule has 2 amide bonds. The summed E-state index contributed by atoms with van der Waals surface area (Å²) < 4.78 is 5.13. The normalized spacial score (nSPS) is 21.0. The molecule has 0 N–H and O–H groups in total. The number of benzene rings is 1. The zero-order valence-corrected chi connectivity index (χ0v) is 16.6. The van der Waals surface area contributed by atoms with Gasteiger partial charge in [0.1, 0.15) is 5.75 Å². The number of rotatable bonds is 5. The van der Waals surface area contributed by atoms with Gasteiger partial charge in [-0.2, -0.15) is 0 Å². The van der Waals surface area contributed by atoms with E-state index in [1.54, 1.807) is 31.4 Å². The zero-order valence-electron chi connectivity index (χ0n) is 16.6. The van der Waals surface area contributed by atoms with Gasteiger partial charge in [-0.15, -0.1) is 0 Å². The van der Waals surface area contributed by atoms with Gasteiger partial charge in [-0.3, -0.25) is 14.5 Å². The Morgan fingerprint density at radius 3 is 2.22 bits per heavy atom. The van der Waals surface area contributed by atoms with E-state index in [9.17, 15) is 9.59 Å². The lowest BCUT2D eigenvalue weighted by atomic mass is 10.1. The molecule has 27 heavy (non-hydrogen) atoms. The first-order valence-corrected chi connectivity index (χ1v) is 9.58. The monoisotopic (exact) mass is 374 g/mol. The third-order valence-corrected chi connectivity index (χ3v) is 5.59. The minimum atomic E-state index is 0.0121. The van der Waals surface area contributed by atoms with Gasteiger partial charge in [0.2, 0.25) is 5.91 Å². The summed E-state index contributed by atoms with van der Waals surface area (Å²) in [6.45, 7) is 4.78. The summed E-state index contributed by atoms with van der Waals surface area (Å²) in [6.07, 6.45) is 1.12. The van der Waals surface area contributed by atoms with Crippen LogP contribution in [0.5, 0.6) is 5.75 Å². The second-order valence-electron chi connectivity index (χ2n) is 7.54. The van der Waals surface area contributed by atoms with Crippen molar-refractivity contribution in [3.63, 3.8) is 0 Å². The highest BCUT2D eigenvalue weighted by molar-refractivity contribution is 5.94. The zero-order chi connectivity index (χ0) is 19.4. The highest BCUT2D eigenvalue weighted by atomic mass is 16.5. The van der Waals surface area contributed by atoms with E-state index in [-0.39, 0.29) is 11.8 Å². The number of likely N-dealkylation sites (N-methyl/N-ethyl adjacent to an activating group) is 1. The van der Waals surface area contributed by atoms with Gasteiger partial charge in [-0.1, -0.05) is 0 Å². The lowest BCUT2D eigenvalue weighted by molar-refractivity contribution is -0.133. The van der Waals surface area contributed by atoms with Crippen molar-refractivity contribution in [3.05, 3.63) is 29.8 Å². The fraction of sp³-hybridized carbons (Fsp3) is 0.600. The van der Waals surface area contributed by atoms with Crippen molar-refractivity contribution in [3.8, 4) is 5.75 Å². The van der Waals surface area contributed by atoms with E-state index in [2.05, 4.69) is 23.9 Å². The molecule has 0 saturated carbocycles. The van der Waals surface area contributed by atoms with Crippen molar-refractivity contribution in [1.29, 1.82) is 0 Å². The van der Waals surface area contributed by atoms with E-state index < -0.39 is 0 Å². The van der Waals surface area contributed by atoms with E-state index in [0.717, 1.165) is 25.3 Å². The number of nitrogens with zero attached hydrogens (tertiary/aromatic N) is 4. The third-order valence-electron chi connectivity index (χ3n) is 5.59. The van der Waals surface area contributed by atoms with Crippen LogP contribution in [0.2, 0.25) is 0 Å². The average Bonchev–Trinajstić information content (AvgIpc) is 3.16. The smallest absolute Gasteiger partial charge is 0.253 e. The van der Waals surface area contributed by atoms with E-state index in [0.29, 0.717) is 44.3 Å². The Balaban J connectivity index is 1.46. The summed E-state index contributed by atoms with van der Waals surface area (Å²) in [5.74, 6) is 0.921. The van der Waals surface area contributed by atoms with Crippen LogP contribution in [0.1, 0.15) is 16.8 Å². The highest BCUT2D eigenvalue weighted by Gasteiger charge is 2.29. The molecule has 2 aliphatic rings. The van der Waals surface area contributed by atoms with Crippen LogP contribution in [-0.2, 0) is 4.79 Å². The van der Waals surface area contributed by atoms with Gasteiger partial charge in [0.05, 0.1) is 13.7 Å². The molecule has 0 radical (unpaired) electrons. The molecule has 0 unspecified atom stereocenters. The van der Waals surface area contributed by atoms with Crippen molar-refractivity contribution in [2.45, 2.75) is 12.5 Å². The van der Waals surface area contributed by atoms with E-state index in [4.69, 9.17) is 4.74 Å². The van der Waals surface area contributed by atoms with Crippen LogP contribution < -0.4 is 4.74 Å². The second-order valence-corrected chi connectivity index (χ2v) is 7.54. The molecule has 0 aromatic heterocycles. The predicted molar refractivity (Wildman–Crippen MR) is 104 cm³/mol. The van der Waals surface area contributed by atoms with Crippen molar-refractivity contribution in [2.24, 2.45) is 0 Å². The Kier molecular flexibility index (Phi) is 6.34. The van der Waals surface area contributed by atoms with Gasteiger partial charge in [-0.25, -0.2) is 0 Å². The SMILES string of the molecule is COc1ccc(C(=O)N2CCN(C(=O)CN3CC[C@H](N(C)C)C3)CC2)cc1. The summed E-state index contributed by atoms with van der Waals surface area (Å²) in [6, 6.07) is 7.70. The van der Waals surface area contributed by atoms with Gasteiger partial charge >= 0.3 is 0 Å². The Labute approximate surface area is 161 Å². The number of ether oxygens (including phenoxy) is 1. The molecular formula is C20H30N4O3. The van der Waals surface area contributed by atoms with E-state index in [1.807, 2.05) is 9.80 Å². The third kappa shape index (κ3) is 4.78. The molecule has 148 valence electrons. The van der Waals surface area contributed by atoms with Crippen molar-refractivity contribution >= 4 is 11.8 Å². The van der Waals surface area contributed by atoms with Crippen LogP contribution in [0.15, 0.2) is 24.3 Å². The molecule has 0 aliphatic carbocycles.